The number of hydrogen-bond donors (Lipinski definition) is 1. The molecule has 6 heteroatoms. The zero-order valence-electron chi connectivity index (χ0n) is 12.8. The highest BCUT2D eigenvalue weighted by molar-refractivity contribution is 5.84. The third kappa shape index (κ3) is 3.87. The fraction of sp³-hybridized carbons (Fsp3) is 0.467. The number of aliphatic carboxylic acids is 1. The number of carboxylic acid groups (broad SMARTS) is 1. The summed E-state index contributed by atoms with van der Waals surface area (Å²) in [5.74, 6) is -0.484. The molecule has 0 spiro atoms. The Morgan fingerprint density at radius 2 is 1.95 bits per heavy atom. The molecule has 6 nitrogen and oxygen atoms in total. The fourth-order valence-corrected chi connectivity index (χ4v) is 2.20. The van der Waals surface area contributed by atoms with Crippen LogP contribution >= 0.6 is 0 Å². The SMILES string of the molecule is CCCN(C(C)=O)C(C(=O)O)c1cc(OC)ccc1OC. The highest BCUT2D eigenvalue weighted by Crippen LogP contribution is 2.33. The van der Waals surface area contributed by atoms with Crippen molar-refractivity contribution in [1.29, 1.82) is 0 Å². The molecule has 0 aliphatic rings. The summed E-state index contributed by atoms with van der Waals surface area (Å²) < 4.78 is 10.4. The zero-order valence-corrected chi connectivity index (χ0v) is 12.8. The molecule has 21 heavy (non-hydrogen) atoms. The van der Waals surface area contributed by atoms with E-state index < -0.39 is 12.0 Å². The monoisotopic (exact) mass is 295 g/mol. The van der Waals surface area contributed by atoms with Crippen molar-refractivity contribution in [2.24, 2.45) is 0 Å². The van der Waals surface area contributed by atoms with Crippen LogP contribution in [-0.2, 0) is 9.59 Å². The molecular weight excluding hydrogens is 274 g/mol. The molecular formula is C15H21NO5. The number of benzene rings is 1. The minimum Gasteiger partial charge on any atom is -0.497 e. The first-order valence-electron chi connectivity index (χ1n) is 6.68. The van der Waals surface area contributed by atoms with Crippen LogP contribution in [-0.4, -0.2) is 42.6 Å². The maximum absolute atomic E-state index is 11.8. The lowest BCUT2D eigenvalue weighted by Crippen LogP contribution is -2.38. The highest BCUT2D eigenvalue weighted by atomic mass is 16.5. The van der Waals surface area contributed by atoms with Crippen LogP contribution in [0.3, 0.4) is 0 Å². The maximum Gasteiger partial charge on any atom is 0.331 e. The summed E-state index contributed by atoms with van der Waals surface area (Å²) >= 11 is 0. The first-order valence-corrected chi connectivity index (χ1v) is 6.68. The number of amides is 1. The van der Waals surface area contributed by atoms with E-state index in [0.29, 0.717) is 30.0 Å². The molecule has 1 unspecified atom stereocenters. The van der Waals surface area contributed by atoms with Gasteiger partial charge in [-0.05, 0) is 24.6 Å². The predicted octanol–water partition coefficient (Wildman–Crippen LogP) is 2.09. The van der Waals surface area contributed by atoms with Crippen molar-refractivity contribution in [1.82, 2.24) is 4.90 Å². The Hall–Kier alpha value is -2.24. The van der Waals surface area contributed by atoms with Gasteiger partial charge in [-0.1, -0.05) is 6.92 Å². The molecule has 1 rings (SSSR count). The van der Waals surface area contributed by atoms with Crippen molar-refractivity contribution >= 4 is 11.9 Å². The molecule has 0 heterocycles. The number of carboxylic acids is 1. The van der Waals surface area contributed by atoms with Gasteiger partial charge in [-0.2, -0.15) is 0 Å². The normalized spacial score (nSPS) is 11.6. The molecule has 1 aromatic rings. The van der Waals surface area contributed by atoms with Gasteiger partial charge >= 0.3 is 5.97 Å². The van der Waals surface area contributed by atoms with Gasteiger partial charge in [0.05, 0.1) is 14.2 Å². The Balaban J connectivity index is 3.39. The maximum atomic E-state index is 11.8. The smallest absolute Gasteiger partial charge is 0.331 e. The number of hydrogen-bond acceptors (Lipinski definition) is 4. The lowest BCUT2D eigenvalue weighted by atomic mass is 10.0. The first kappa shape index (κ1) is 16.8. The summed E-state index contributed by atoms with van der Waals surface area (Å²) in [6, 6.07) is 3.80. The van der Waals surface area contributed by atoms with E-state index in [1.165, 1.54) is 26.0 Å². The van der Waals surface area contributed by atoms with E-state index in [0.717, 1.165) is 0 Å². The predicted molar refractivity (Wildman–Crippen MR) is 77.6 cm³/mol. The van der Waals surface area contributed by atoms with Gasteiger partial charge < -0.3 is 19.5 Å². The number of nitrogens with zero attached hydrogens (tertiary/aromatic N) is 1. The van der Waals surface area contributed by atoms with Gasteiger partial charge in [-0.3, -0.25) is 4.79 Å². The molecule has 0 bridgehead atoms. The number of methoxy groups -OCH3 is 2. The quantitative estimate of drug-likeness (QED) is 0.833. The Morgan fingerprint density at radius 1 is 1.29 bits per heavy atom. The Bertz CT molecular complexity index is 515. The van der Waals surface area contributed by atoms with Crippen molar-refractivity contribution in [2.75, 3.05) is 20.8 Å². The second-order valence-electron chi connectivity index (χ2n) is 4.56. The molecule has 116 valence electrons. The summed E-state index contributed by atoms with van der Waals surface area (Å²) in [6.45, 7) is 3.60. The van der Waals surface area contributed by atoms with Crippen molar-refractivity contribution in [3.63, 3.8) is 0 Å². The van der Waals surface area contributed by atoms with E-state index in [1.807, 2.05) is 6.92 Å². The van der Waals surface area contributed by atoms with E-state index in [1.54, 1.807) is 18.2 Å². The Kier molecular flexibility index (Phi) is 6.02. The minimum atomic E-state index is -1.11. The summed E-state index contributed by atoms with van der Waals surface area (Å²) in [4.78, 5) is 24.8. The Morgan fingerprint density at radius 3 is 2.38 bits per heavy atom. The van der Waals surface area contributed by atoms with Crippen LogP contribution in [0.1, 0.15) is 31.9 Å². The van der Waals surface area contributed by atoms with Gasteiger partial charge in [-0.15, -0.1) is 0 Å². The topological polar surface area (TPSA) is 76.1 Å². The van der Waals surface area contributed by atoms with Crippen molar-refractivity contribution in [3.8, 4) is 11.5 Å². The van der Waals surface area contributed by atoms with E-state index in [-0.39, 0.29) is 5.91 Å². The average molecular weight is 295 g/mol. The Labute approximate surface area is 124 Å². The van der Waals surface area contributed by atoms with Gasteiger partial charge in [0.25, 0.3) is 0 Å². The van der Waals surface area contributed by atoms with Gasteiger partial charge in [-0.25, -0.2) is 4.79 Å². The first-order chi connectivity index (χ1) is 9.96. The molecule has 0 fully saturated rings. The van der Waals surface area contributed by atoms with Crippen molar-refractivity contribution in [3.05, 3.63) is 23.8 Å². The molecule has 0 aliphatic carbocycles. The summed E-state index contributed by atoms with van der Waals surface area (Å²) in [6.07, 6.45) is 0.662. The van der Waals surface area contributed by atoms with Crippen LogP contribution in [0.25, 0.3) is 0 Å². The van der Waals surface area contributed by atoms with Crippen LogP contribution in [0.4, 0.5) is 0 Å². The van der Waals surface area contributed by atoms with E-state index in [4.69, 9.17) is 9.47 Å². The lowest BCUT2D eigenvalue weighted by molar-refractivity contribution is -0.149. The van der Waals surface area contributed by atoms with E-state index in [2.05, 4.69) is 0 Å². The van der Waals surface area contributed by atoms with E-state index >= 15 is 0 Å². The number of carbonyl (C=O) groups excluding carboxylic acids is 1. The van der Waals surface area contributed by atoms with Gasteiger partial charge in [0.2, 0.25) is 5.91 Å². The second-order valence-corrected chi connectivity index (χ2v) is 4.56. The largest absolute Gasteiger partial charge is 0.497 e. The van der Waals surface area contributed by atoms with Crippen LogP contribution in [0, 0.1) is 0 Å². The zero-order chi connectivity index (χ0) is 16.0. The molecule has 0 aromatic heterocycles. The third-order valence-corrected chi connectivity index (χ3v) is 3.15. The standard InChI is InChI=1S/C15H21NO5/c1-5-8-16(10(2)17)14(15(18)19)12-9-11(20-3)6-7-13(12)21-4/h6-7,9,14H,5,8H2,1-4H3,(H,18,19). The molecule has 0 saturated heterocycles. The van der Waals surface area contributed by atoms with Crippen molar-refractivity contribution in [2.45, 2.75) is 26.3 Å². The van der Waals surface area contributed by atoms with Crippen LogP contribution < -0.4 is 9.47 Å². The molecule has 0 radical (unpaired) electrons. The summed E-state index contributed by atoms with van der Waals surface area (Å²) in [5, 5.41) is 9.57. The number of rotatable bonds is 7. The molecule has 1 N–H and O–H groups in total. The fourth-order valence-electron chi connectivity index (χ4n) is 2.20. The van der Waals surface area contributed by atoms with Crippen LogP contribution in [0.15, 0.2) is 18.2 Å². The highest BCUT2D eigenvalue weighted by Gasteiger charge is 2.31. The van der Waals surface area contributed by atoms with Crippen molar-refractivity contribution < 1.29 is 24.2 Å². The molecule has 1 amide bonds. The molecule has 0 saturated carbocycles. The second kappa shape index (κ2) is 7.52. The van der Waals surface area contributed by atoms with Gasteiger partial charge in [0.1, 0.15) is 11.5 Å². The van der Waals surface area contributed by atoms with Crippen LogP contribution in [0.2, 0.25) is 0 Å². The molecule has 1 aromatic carbocycles. The third-order valence-electron chi connectivity index (χ3n) is 3.15. The molecule has 1 atom stereocenters. The average Bonchev–Trinajstić information content (AvgIpc) is 2.46. The lowest BCUT2D eigenvalue weighted by Gasteiger charge is -2.29. The van der Waals surface area contributed by atoms with Gasteiger partial charge in [0, 0.05) is 19.0 Å². The van der Waals surface area contributed by atoms with Crippen LogP contribution in [0.5, 0.6) is 11.5 Å². The van der Waals surface area contributed by atoms with E-state index in [9.17, 15) is 14.7 Å². The number of carbonyl (C=O) groups is 2. The number of ether oxygens (including phenoxy) is 2. The molecule has 0 aliphatic heterocycles. The minimum absolute atomic E-state index is 0.297. The summed E-state index contributed by atoms with van der Waals surface area (Å²) in [5.41, 5.74) is 0.396. The summed E-state index contributed by atoms with van der Waals surface area (Å²) in [7, 11) is 2.96. The van der Waals surface area contributed by atoms with Gasteiger partial charge in [0.15, 0.2) is 6.04 Å².